The van der Waals surface area contributed by atoms with E-state index >= 15 is 0 Å². The minimum Gasteiger partial charge on any atom is -0.429 e. The number of hydrogen-bond donors (Lipinski definition) is 0. The summed E-state index contributed by atoms with van der Waals surface area (Å²) in [4.78, 5) is 0. The normalized spacial score (nSPS) is 22.0. The van der Waals surface area contributed by atoms with Gasteiger partial charge in [0.2, 0.25) is 0 Å². The summed E-state index contributed by atoms with van der Waals surface area (Å²) in [5, 5.41) is 0. The number of rotatable bonds is 6. The van der Waals surface area contributed by atoms with Gasteiger partial charge in [0, 0.05) is 0 Å². The molecule has 1 saturated carbocycles. The third-order valence-corrected chi connectivity index (χ3v) is 4.42. The summed E-state index contributed by atoms with van der Waals surface area (Å²) in [6.45, 7) is -1.14. The lowest BCUT2D eigenvalue weighted by atomic mass is 9.77. The van der Waals surface area contributed by atoms with Crippen LogP contribution in [0, 0.1) is 17.6 Å². The average molecular weight is 330 g/mol. The Hall–Kier alpha value is -1.52. The SMILES string of the molecule is CC/C=C/C[C@H]1CC[C@H](c2cc(F)c(OC(F)F)c(F)c2)CC1. The van der Waals surface area contributed by atoms with E-state index in [1.807, 2.05) is 0 Å². The molecule has 1 aliphatic rings. The molecule has 23 heavy (non-hydrogen) atoms. The van der Waals surface area contributed by atoms with Crippen LogP contribution in [0.25, 0.3) is 0 Å². The van der Waals surface area contributed by atoms with Crippen molar-refractivity contribution in [3.63, 3.8) is 0 Å². The first-order valence-corrected chi connectivity index (χ1v) is 8.10. The third-order valence-electron chi connectivity index (χ3n) is 4.42. The van der Waals surface area contributed by atoms with Crippen LogP contribution in [-0.4, -0.2) is 6.61 Å². The van der Waals surface area contributed by atoms with Crippen LogP contribution in [0.4, 0.5) is 17.6 Å². The molecule has 1 aliphatic carbocycles. The summed E-state index contributed by atoms with van der Waals surface area (Å²) in [6, 6.07) is 2.26. The first-order valence-electron chi connectivity index (χ1n) is 8.10. The smallest absolute Gasteiger partial charge is 0.387 e. The van der Waals surface area contributed by atoms with Crippen molar-refractivity contribution in [1.82, 2.24) is 0 Å². The zero-order chi connectivity index (χ0) is 16.8. The third kappa shape index (κ3) is 4.98. The first kappa shape index (κ1) is 17.8. The van der Waals surface area contributed by atoms with Gasteiger partial charge < -0.3 is 4.74 Å². The van der Waals surface area contributed by atoms with Gasteiger partial charge in [0.05, 0.1) is 0 Å². The molecular weight excluding hydrogens is 308 g/mol. The molecule has 5 heteroatoms. The maximum absolute atomic E-state index is 13.8. The molecule has 1 nitrogen and oxygen atoms in total. The maximum atomic E-state index is 13.8. The predicted molar refractivity (Wildman–Crippen MR) is 81.7 cm³/mol. The summed E-state index contributed by atoms with van der Waals surface area (Å²) in [5.41, 5.74) is 0.532. The van der Waals surface area contributed by atoms with Gasteiger partial charge in [0.1, 0.15) is 0 Å². The Balaban J connectivity index is 1.99. The van der Waals surface area contributed by atoms with Crippen LogP contribution in [0.5, 0.6) is 5.75 Å². The molecule has 0 N–H and O–H groups in total. The van der Waals surface area contributed by atoms with E-state index in [9.17, 15) is 17.6 Å². The zero-order valence-electron chi connectivity index (χ0n) is 13.2. The Labute approximate surface area is 134 Å². The van der Waals surface area contributed by atoms with Crippen LogP contribution in [0.1, 0.15) is 56.9 Å². The minimum absolute atomic E-state index is 0.0750. The number of benzene rings is 1. The fourth-order valence-electron chi connectivity index (χ4n) is 3.20. The fourth-order valence-corrected chi connectivity index (χ4v) is 3.20. The predicted octanol–water partition coefficient (Wildman–Crippen LogP) is 6.20. The van der Waals surface area contributed by atoms with E-state index in [-0.39, 0.29) is 5.92 Å². The summed E-state index contributed by atoms with van der Waals surface area (Å²) < 4.78 is 55.8. The van der Waals surface area contributed by atoms with E-state index in [4.69, 9.17) is 0 Å². The van der Waals surface area contributed by atoms with Gasteiger partial charge in [0.25, 0.3) is 0 Å². The van der Waals surface area contributed by atoms with Crippen molar-refractivity contribution in [2.75, 3.05) is 0 Å². The Bertz CT molecular complexity index is 511. The van der Waals surface area contributed by atoms with E-state index in [0.29, 0.717) is 11.5 Å². The Morgan fingerprint density at radius 3 is 2.22 bits per heavy atom. The Morgan fingerprint density at radius 2 is 1.70 bits per heavy atom. The van der Waals surface area contributed by atoms with E-state index in [1.54, 1.807) is 0 Å². The second kappa shape index (κ2) is 8.37. The van der Waals surface area contributed by atoms with Crippen molar-refractivity contribution < 1.29 is 22.3 Å². The Morgan fingerprint density at radius 1 is 1.09 bits per heavy atom. The number of halogens is 4. The highest BCUT2D eigenvalue weighted by molar-refractivity contribution is 5.33. The van der Waals surface area contributed by atoms with Crippen LogP contribution in [-0.2, 0) is 0 Å². The van der Waals surface area contributed by atoms with Gasteiger partial charge in [-0.15, -0.1) is 0 Å². The molecule has 0 saturated heterocycles. The molecule has 0 bridgehead atoms. The lowest BCUT2D eigenvalue weighted by molar-refractivity contribution is -0.0546. The molecule has 0 heterocycles. The Kier molecular flexibility index (Phi) is 6.48. The van der Waals surface area contributed by atoms with Crippen LogP contribution < -0.4 is 4.74 Å². The summed E-state index contributed by atoms with van der Waals surface area (Å²) in [6.07, 6.45) is 10.2. The summed E-state index contributed by atoms with van der Waals surface area (Å²) in [5.74, 6) is -2.43. The molecule has 128 valence electrons. The van der Waals surface area contributed by atoms with Crippen molar-refractivity contribution in [3.8, 4) is 5.75 Å². The first-order chi connectivity index (χ1) is 11.0. The minimum atomic E-state index is -3.24. The number of allylic oxidation sites excluding steroid dienone is 2. The van der Waals surface area contributed by atoms with Gasteiger partial charge in [-0.05, 0) is 68.1 Å². The summed E-state index contributed by atoms with van der Waals surface area (Å²) in [7, 11) is 0. The molecule has 0 aromatic heterocycles. The second-order valence-electron chi connectivity index (χ2n) is 6.03. The average Bonchev–Trinajstić information content (AvgIpc) is 2.51. The van der Waals surface area contributed by atoms with Crippen LogP contribution in [0.15, 0.2) is 24.3 Å². The van der Waals surface area contributed by atoms with Gasteiger partial charge >= 0.3 is 6.61 Å². The zero-order valence-corrected chi connectivity index (χ0v) is 13.2. The van der Waals surface area contributed by atoms with Gasteiger partial charge in [-0.1, -0.05) is 19.1 Å². The molecule has 0 spiro atoms. The molecule has 0 amide bonds. The van der Waals surface area contributed by atoms with Crippen LogP contribution in [0.2, 0.25) is 0 Å². The highest BCUT2D eigenvalue weighted by atomic mass is 19.3. The van der Waals surface area contributed by atoms with Crippen molar-refractivity contribution in [2.24, 2.45) is 5.92 Å². The molecular formula is C18H22F4O. The van der Waals surface area contributed by atoms with Gasteiger partial charge in [-0.3, -0.25) is 0 Å². The summed E-state index contributed by atoms with van der Waals surface area (Å²) >= 11 is 0. The standard InChI is InChI=1S/C18H22F4O/c1-2-3-4-5-12-6-8-13(9-7-12)14-10-15(19)17(16(20)11-14)23-18(21)22/h3-4,10-13,18H,2,5-9H2,1H3/b4-3+/t12-,13-. The number of alkyl halides is 2. The molecule has 0 aliphatic heterocycles. The van der Waals surface area contributed by atoms with Gasteiger partial charge in [-0.2, -0.15) is 8.78 Å². The second-order valence-corrected chi connectivity index (χ2v) is 6.03. The molecule has 0 atom stereocenters. The van der Waals surface area contributed by atoms with Crippen molar-refractivity contribution >= 4 is 0 Å². The van der Waals surface area contributed by atoms with E-state index in [0.717, 1.165) is 50.7 Å². The highest BCUT2D eigenvalue weighted by Crippen LogP contribution is 2.39. The number of hydrogen-bond acceptors (Lipinski definition) is 1. The largest absolute Gasteiger partial charge is 0.429 e. The lowest BCUT2D eigenvalue weighted by Gasteiger charge is -2.28. The molecule has 0 unspecified atom stereocenters. The van der Waals surface area contributed by atoms with Crippen molar-refractivity contribution in [3.05, 3.63) is 41.5 Å². The molecule has 1 aromatic carbocycles. The highest BCUT2D eigenvalue weighted by Gasteiger charge is 2.24. The molecule has 1 fully saturated rings. The van der Waals surface area contributed by atoms with Gasteiger partial charge in [0.15, 0.2) is 17.4 Å². The monoisotopic (exact) mass is 330 g/mol. The van der Waals surface area contributed by atoms with E-state index in [1.165, 1.54) is 0 Å². The van der Waals surface area contributed by atoms with E-state index in [2.05, 4.69) is 23.8 Å². The molecule has 1 aromatic rings. The number of ether oxygens (including phenoxy) is 1. The maximum Gasteiger partial charge on any atom is 0.387 e. The quantitative estimate of drug-likeness (QED) is 0.446. The van der Waals surface area contributed by atoms with Crippen molar-refractivity contribution in [1.29, 1.82) is 0 Å². The molecule has 0 radical (unpaired) electrons. The molecule has 2 rings (SSSR count). The van der Waals surface area contributed by atoms with E-state index < -0.39 is 24.0 Å². The topological polar surface area (TPSA) is 9.23 Å². The fraction of sp³-hybridized carbons (Fsp3) is 0.556. The van der Waals surface area contributed by atoms with Crippen LogP contribution in [0.3, 0.4) is 0 Å². The van der Waals surface area contributed by atoms with Crippen LogP contribution >= 0.6 is 0 Å². The lowest BCUT2D eigenvalue weighted by Crippen LogP contribution is -2.14. The van der Waals surface area contributed by atoms with Gasteiger partial charge in [-0.25, -0.2) is 8.78 Å². The van der Waals surface area contributed by atoms with Crippen molar-refractivity contribution in [2.45, 2.75) is 58.0 Å².